The Bertz CT molecular complexity index is 314. The van der Waals surface area contributed by atoms with Gasteiger partial charge in [0.05, 0.1) is 12.8 Å². The van der Waals surface area contributed by atoms with Crippen LogP contribution in [0.3, 0.4) is 0 Å². The molecule has 3 nitrogen and oxygen atoms in total. The van der Waals surface area contributed by atoms with E-state index < -0.39 is 0 Å². The summed E-state index contributed by atoms with van der Waals surface area (Å²) in [7, 11) is 0. The van der Waals surface area contributed by atoms with Crippen LogP contribution in [0.4, 0.5) is 0 Å². The van der Waals surface area contributed by atoms with Crippen molar-refractivity contribution in [2.45, 2.75) is 20.4 Å². The monoisotopic (exact) mass is 207 g/mol. The van der Waals surface area contributed by atoms with Gasteiger partial charge in [-0.1, -0.05) is 19.9 Å². The fraction of sp³-hybridized carbons (Fsp3) is 0.417. The first kappa shape index (κ1) is 11.6. The molecule has 0 radical (unpaired) electrons. The van der Waals surface area contributed by atoms with Crippen molar-refractivity contribution in [3.8, 4) is 0 Å². The van der Waals surface area contributed by atoms with Gasteiger partial charge in [-0.05, 0) is 12.1 Å². The molecule has 0 atom stereocenters. The maximum atomic E-state index is 11.8. The Labute approximate surface area is 90.4 Å². The van der Waals surface area contributed by atoms with E-state index in [1.807, 2.05) is 26.0 Å². The molecule has 1 heterocycles. The number of rotatable bonds is 5. The molecule has 0 saturated carbocycles. The number of carbonyl (C=O) groups excluding carboxylic acids is 1. The first-order chi connectivity index (χ1) is 7.15. The van der Waals surface area contributed by atoms with Crippen LogP contribution in [0.5, 0.6) is 0 Å². The Balaban J connectivity index is 2.66. The number of hydrogen-bond acceptors (Lipinski definition) is 2. The van der Waals surface area contributed by atoms with E-state index >= 15 is 0 Å². The summed E-state index contributed by atoms with van der Waals surface area (Å²) in [4.78, 5) is 13.5. The lowest BCUT2D eigenvalue weighted by Crippen LogP contribution is -2.33. The second kappa shape index (κ2) is 5.39. The summed E-state index contributed by atoms with van der Waals surface area (Å²) >= 11 is 0. The van der Waals surface area contributed by atoms with E-state index in [0.717, 1.165) is 5.76 Å². The molecule has 0 spiro atoms. The third-order valence-electron chi connectivity index (χ3n) is 2.08. The summed E-state index contributed by atoms with van der Waals surface area (Å²) in [6.45, 7) is 8.49. The Hall–Kier alpha value is -1.51. The van der Waals surface area contributed by atoms with Gasteiger partial charge < -0.3 is 9.32 Å². The first-order valence-corrected chi connectivity index (χ1v) is 5.07. The minimum absolute atomic E-state index is 0.0000813. The highest BCUT2D eigenvalue weighted by Crippen LogP contribution is 2.09. The van der Waals surface area contributed by atoms with Crippen molar-refractivity contribution in [2.24, 2.45) is 5.92 Å². The van der Waals surface area contributed by atoms with Crippen molar-refractivity contribution in [1.82, 2.24) is 4.90 Å². The van der Waals surface area contributed by atoms with Crippen LogP contribution in [-0.2, 0) is 11.3 Å². The summed E-state index contributed by atoms with van der Waals surface area (Å²) in [5, 5.41) is 0. The summed E-state index contributed by atoms with van der Waals surface area (Å²) in [5.41, 5.74) is 0. The lowest BCUT2D eigenvalue weighted by Gasteiger charge is -2.21. The van der Waals surface area contributed by atoms with E-state index in [1.165, 1.54) is 0 Å². The van der Waals surface area contributed by atoms with Gasteiger partial charge in [0.15, 0.2) is 0 Å². The molecule has 1 rings (SSSR count). The summed E-state index contributed by atoms with van der Waals surface area (Å²) < 4.78 is 5.21. The number of carbonyl (C=O) groups is 1. The Morgan fingerprint density at radius 1 is 1.67 bits per heavy atom. The average molecular weight is 207 g/mol. The van der Waals surface area contributed by atoms with Gasteiger partial charge in [0.2, 0.25) is 5.91 Å². The fourth-order valence-electron chi connectivity index (χ4n) is 1.34. The van der Waals surface area contributed by atoms with Crippen molar-refractivity contribution in [1.29, 1.82) is 0 Å². The van der Waals surface area contributed by atoms with Crippen molar-refractivity contribution in [3.63, 3.8) is 0 Å². The summed E-state index contributed by atoms with van der Waals surface area (Å²) in [6.07, 6.45) is 3.34. The molecule has 0 fully saturated rings. The zero-order valence-corrected chi connectivity index (χ0v) is 9.27. The third kappa shape index (κ3) is 3.27. The molecule has 0 aromatic carbocycles. The normalized spacial score (nSPS) is 10.3. The smallest absolute Gasteiger partial charge is 0.225 e. The fourth-order valence-corrected chi connectivity index (χ4v) is 1.34. The first-order valence-electron chi connectivity index (χ1n) is 5.07. The highest BCUT2D eigenvalue weighted by Gasteiger charge is 2.16. The predicted octanol–water partition coefficient (Wildman–Crippen LogP) is 2.45. The largest absolute Gasteiger partial charge is 0.467 e. The minimum atomic E-state index is -0.0000813. The van der Waals surface area contributed by atoms with Crippen LogP contribution in [0.2, 0.25) is 0 Å². The molecule has 0 unspecified atom stereocenters. The molecule has 3 heteroatoms. The molecular weight excluding hydrogens is 190 g/mol. The van der Waals surface area contributed by atoms with Crippen molar-refractivity contribution in [2.75, 3.05) is 6.54 Å². The number of furan rings is 1. The molecule has 0 aliphatic heterocycles. The van der Waals surface area contributed by atoms with E-state index in [2.05, 4.69) is 6.58 Å². The minimum Gasteiger partial charge on any atom is -0.467 e. The molecule has 0 bridgehead atoms. The van der Waals surface area contributed by atoms with E-state index in [-0.39, 0.29) is 11.8 Å². The second-order valence-corrected chi connectivity index (χ2v) is 3.74. The molecule has 0 saturated heterocycles. The Morgan fingerprint density at radius 3 is 2.87 bits per heavy atom. The van der Waals surface area contributed by atoms with Crippen molar-refractivity contribution in [3.05, 3.63) is 36.8 Å². The summed E-state index contributed by atoms with van der Waals surface area (Å²) in [5.74, 6) is 0.914. The van der Waals surface area contributed by atoms with E-state index in [4.69, 9.17) is 4.42 Å². The zero-order chi connectivity index (χ0) is 11.3. The van der Waals surface area contributed by atoms with Gasteiger partial charge in [0, 0.05) is 12.5 Å². The molecule has 82 valence electrons. The number of nitrogens with zero attached hydrogens (tertiary/aromatic N) is 1. The van der Waals surface area contributed by atoms with Gasteiger partial charge in [-0.3, -0.25) is 4.79 Å². The standard InChI is InChI=1S/C12H17NO2/c1-4-7-13(12(14)10(2)3)9-11-6-5-8-15-11/h4-6,8,10H,1,7,9H2,2-3H3. The molecule has 15 heavy (non-hydrogen) atoms. The quantitative estimate of drug-likeness (QED) is 0.695. The maximum Gasteiger partial charge on any atom is 0.225 e. The summed E-state index contributed by atoms with van der Waals surface area (Å²) in [6, 6.07) is 3.69. The van der Waals surface area contributed by atoms with Crippen LogP contribution in [0.25, 0.3) is 0 Å². The third-order valence-corrected chi connectivity index (χ3v) is 2.08. The highest BCUT2D eigenvalue weighted by molar-refractivity contribution is 5.78. The topological polar surface area (TPSA) is 33.5 Å². The van der Waals surface area contributed by atoms with Crippen LogP contribution in [0.15, 0.2) is 35.5 Å². The SMILES string of the molecule is C=CCN(Cc1ccco1)C(=O)C(C)C. The lowest BCUT2D eigenvalue weighted by molar-refractivity contribution is -0.134. The second-order valence-electron chi connectivity index (χ2n) is 3.74. The van der Waals surface area contributed by atoms with Gasteiger partial charge in [-0.15, -0.1) is 6.58 Å². The van der Waals surface area contributed by atoms with E-state index in [0.29, 0.717) is 13.1 Å². The van der Waals surface area contributed by atoms with Gasteiger partial charge >= 0.3 is 0 Å². The number of hydrogen-bond donors (Lipinski definition) is 0. The molecular formula is C12H17NO2. The van der Waals surface area contributed by atoms with Crippen molar-refractivity contribution >= 4 is 5.91 Å². The highest BCUT2D eigenvalue weighted by atomic mass is 16.3. The van der Waals surface area contributed by atoms with Crippen LogP contribution < -0.4 is 0 Å². The number of amides is 1. The van der Waals surface area contributed by atoms with E-state index in [9.17, 15) is 4.79 Å². The predicted molar refractivity (Wildman–Crippen MR) is 59.2 cm³/mol. The van der Waals surface area contributed by atoms with Crippen LogP contribution in [0.1, 0.15) is 19.6 Å². The molecule has 0 N–H and O–H groups in total. The Morgan fingerprint density at radius 2 is 2.40 bits per heavy atom. The van der Waals surface area contributed by atoms with Crippen molar-refractivity contribution < 1.29 is 9.21 Å². The van der Waals surface area contributed by atoms with Crippen LogP contribution in [0, 0.1) is 5.92 Å². The van der Waals surface area contributed by atoms with Gasteiger partial charge in [-0.2, -0.15) is 0 Å². The molecule has 1 aromatic heterocycles. The molecule has 1 amide bonds. The Kier molecular flexibility index (Phi) is 4.16. The zero-order valence-electron chi connectivity index (χ0n) is 9.27. The van der Waals surface area contributed by atoms with Gasteiger partial charge in [0.25, 0.3) is 0 Å². The van der Waals surface area contributed by atoms with Gasteiger partial charge in [-0.25, -0.2) is 0 Å². The van der Waals surface area contributed by atoms with Crippen LogP contribution in [-0.4, -0.2) is 17.4 Å². The van der Waals surface area contributed by atoms with Crippen LogP contribution >= 0.6 is 0 Å². The lowest BCUT2D eigenvalue weighted by atomic mass is 10.2. The molecule has 0 aliphatic rings. The molecule has 0 aliphatic carbocycles. The van der Waals surface area contributed by atoms with Gasteiger partial charge in [0.1, 0.15) is 5.76 Å². The van der Waals surface area contributed by atoms with E-state index in [1.54, 1.807) is 17.2 Å². The molecule has 1 aromatic rings. The average Bonchev–Trinajstić information content (AvgIpc) is 2.68. The maximum absolute atomic E-state index is 11.8.